The number of likely N-dealkylation sites (tertiary alicyclic amines) is 1. The fraction of sp³-hybridized carbons (Fsp3) is 0.375. The van der Waals surface area contributed by atoms with Crippen LogP contribution >= 0.6 is 0 Å². The van der Waals surface area contributed by atoms with E-state index in [4.69, 9.17) is 0 Å². The van der Waals surface area contributed by atoms with Gasteiger partial charge in [0.2, 0.25) is 0 Å². The number of anilines is 2. The molecule has 2 heterocycles. The average molecular weight is 377 g/mol. The van der Waals surface area contributed by atoms with Crippen LogP contribution in [-0.2, 0) is 17.6 Å². The first-order valence-electron chi connectivity index (χ1n) is 10.3. The summed E-state index contributed by atoms with van der Waals surface area (Å²) >= 11 is 0. The van der Waals surface area contributed by atoms with Gasteiger partial charge in [0.1, 0.15) is 6.04 Å². The monoisotopic (exact) mass is 376 g/mol. The van der Waals surface area contributed by atoms with E-state index in [0.717, 1.165) is 45.2 Å². The molecule has 1 fully saturated rings. The van der Waals surface area contributed by atoms with Gasteiger partial charge in [-0.2, -0.15) is 0 Å². The van der Waals surface area contributed by atoms with Crippen molar-refractivity contribution in [2.45, 2.75) is 38.1 Å². The number of hydrogen-bond acceptors (Lipinski definition) is 3. The Kier molecular flexibility index (Phi) is 5.77. The smallest absolute Gasteiger partial charge is 0.320 e. The zero-order valence-electron chi connectivity index (χ0n) is 16.3. The van der Waals surface area contributed by atoms with Crippen LogP contribution in [0.5, 0.6) is 0 Å². The van der Waals surface area contributed by atoms with Gasteiger partial charge in [0.15, 0.2) is 0 Å². The first-order chi connectivity index (χ1) is 13.7. The van der Waals surface area contributed by atoms with Crippen molar-refractivity contribution in [1.29, 1.82) is 0 Å². The Morgan fingerprint density at radius 1 is 0.929 bits per heavy atom. The number of fused-ring (bicyclic) bond motifs is 2. The molecule has 1 saturated heterocycles. The average Bonchev–Trinajstić information content (AvgIpc) is 2.88. The normalized spacial score (nSPS) is 19.9. The summed E-state index contributed by atoms with van der Waals surface area (Å²) in [6, 6.07) is 17.0. The van der Waals surface area contributed by atoms with Gasteiger partial charge >= 0.3 is 5.97 Å². The number of rotatable bonds is 5. The maximum atomic E-state index is 11.5. The molecule has 0 saturated carbocycles. The first-order valence-corrected chi connectivity index (χ1v) is 10.3. The van der Waals surface area contributed by atoms with E-state index < -0.39 is 5.97 Å². The van der Waals surface area contributed by atoms with Crippen LogP contribution in [0.15, 0.2) is 60.7 Å². The van der Waals surface area contributed by atoms with Crippen molar-refractivity contribution in [1.82, 2.24) is 4.90 Å². The lowest BCUT2D eigenvalue weighted by molar-refractivity contribution is -0.144. The maximum absolute atomic E-state index is 11.5. The van der Waals surface area contributed by atoms with Crippen LogP contribution in [0.4, 0.5) is 11.4 Å². The molecule has 2 aromatic carbocycles. The molecule has 146 valence electrons. The summed E-state index contributed by atoms with van der Waals surface area (Å²) in [6.07, 6.45) is 9.30. The Bertz CT molecular complexity index is 814. The summed E-state index contributed by atoms with van der Waals surface area (Å²) in [4.78, 5) is 16.0. The summed E-state index contributed by atoms with van der Waals surface area (Å²) in [5.74, 6) is -0.691. The standard InChI is InChI=1S/C24H28N2O2/c27-24(28)23-13-5-6-16-25(23)17-7-8-18-26-21-11-3-1-9-19(21)14-15-20-10-2-4-12-22(20)26/h1-4,7-12,23H,5-6,13-18H2,(H,27,28). The van der Waals surface area contributed by atoms with E-state index in [1.807, 2.05) is 0 Å². The van der Waals surface area contributed by atoms with Crippen molar-refractivity contribution in [2.24, 2.45) is 0 Å². The van der Waals surface area contributed by atoms with E-state index >= 15 is 0 Å². The molecule has 1 atom stereocenters. The van der Waals surface area contributed by atoms with Gasteiger partial charge in [-0.25, -0.2) is 0 Å². The third-order valence-corrected chi connectivity index (χ3v) is 5.92. The number of hydrogen-bond donors (Lipinski definition) is 1. The number of benzene rings is 2. The number of aryl methyl sites for hydroxylation is 2. The van der Waals surface area contributed by atoms with Crippen LogP contribution in [0.3, 0.4) is 0 Å². The Labute approximate surface area is 167 Å². The van der Waals surface area contributed by atoms with E-state index in [1.165, 1.54) is 22.5 Å². The summed E-state index contributed by atoms with van der Waals surface area (Å²) < 4.78 is 0. The highest BCUT2D eigenvalue weighted by Gasteiger charge is 2.27. The van der Waals surface area contributed by atoms with Gasteiger partial charge < -0.3 is 10.0 Å². The number of piperidine rings is 1. The molecule has 1 unspecified atom stereocenters. The van der Waals surface area contributed by atoms with Crippen molar-refractivity contribution in [3.05, 3.63) is 71.8 Å². The molecule has 28 heavy (non-hydrogen) atoms. The third-order valence-electron chi connectivity index (χ3n) is 5.92. The predicted octanol–water partition coefficient (Wildman–Crippen LogP) is 4.42. The second kappa shape index (κ2) is 8.61. The first kappa shape index (κ1) is 18.8. The van der Waals surface area contributed by atoms with Crippen molar-refractivity contribution < 1.29 is 9.90 Å². The predicted molar refractivity (Wildman–Crippen MR) is 113 cm³/mol. The molecule has 0 bridgehead atoms. The molecule has 1 N–H and O–H groups in total. The lowest BCUT2D eigenvalue weighted by Gasteiger charge is -2.32. The largest absolute Gasteiger partial charge is 0.480 e. The highest BCUT2D eigenvalue weighted by molar-refractivity contribution is 5.73. The van der Waals surface area contributed by atoms with E-state index in [9.17, 15) is 9.90 Å². The van der Waals surface area contributed by atoms with Crippen molar-refractivity contribution in [3.8, 4) is 0 Å². The number of nitrogens with zero attached hydrogens (tertiary/aromatic N) is 2. The highest BCUT2D eigenvalue weighted by Crippen LogP contribution is 2.35. The lowest BCUT2D eigenvalue weighted by atomic mass is 10.0. The molecule has 4 heteroatoms. The zero-order chi connectivity index (χ0) is 19.3. The number of carbonyl (C=O) groups is 1. The van der Waals surface area contributed by atoms with E-state index in [1.54, 1.807) is 0 Å². The number of aliphatic carboxylic acids is 1. The molecule has 0 aliphatic carbocycles. The summed E-state index contributed by atoms with van der Waals surface area (Å²) in [7, 11) is 0. The van der Waals surface area contributed by atoms with Crippen LogP contribution in [0.2, 0.25) is 0 Å². The number of para-hydroxylation sites is 2. The van der Waals surface area contributed by atoms with Crippen molar-refractivity contribution in [2.75, 3.05) is 24.5 Å². The third kappa shape index (κ3) is 3.97. The van der Waals surface area contributed by atoms with Gasteiger partial charge in [-0.1, -0.05) is 55.0 Å². The van der Waals surface area contributed by atoms with Crippen molar-refractivity contribution >= 4 is 17.3 Å². The topological polar surface area (TPSA) is 43.8 Å². The van der Waals surface area contributed by atoms with E-state index in [-0.39, 0.29) is 6.04 Å². The molecular weight excluding hydrogens is 348 g/mol. The zero-order valence-corrected chi connectivity index (χ0v) is 16.3. The molecule has 0 spiro atoms. The van der Waals surface area contributed by atoms with E-state index in [2.05, 4.69) is 70.5 Å². The molecule has 4 nitrogen and oxygen atoms in total. The molecule has 0 aromatic heterocycles. The number of carboxylic acids is 1. The fourth-order valence-corrected chi connectivity index (χ4v) is 4.45. The molecular formula is C24H28N2O2. The molecule has 0 amide bonds. The van der Waals surface area contributed by atoms with Gasteiger partial charge in [-0.3, -0.25) is 9.69 Å². The molecule has 0 radical (unpaired) electrons. The Hall–Kier alpha value is -2.59. The van der Waals surface area contributed by atoms with Gasteiger partial charge in [-0.05, 0) is 55.5 Å². The van der Waals surface area contributed by atoms with Crippen LogP contribution in [-0.4, -0.2) is 41.7 Å². The van der Waals surface area contributed by atoms with Crippen LogP contribution in [0.25, 0.3) is 0 Å². The minimum atomic E-state index is -0.691. The maximum Gasteiger partial charge on any atom is 0.320 e. The van der Waals surface area contributed by atoms with Crippen LogP contribution in [0, 0.1) is 0 Å². The van der Waals surface area contributed by atoms with Crippen LogP contribution < -0.4 is 4.90 Å². The highest BCUT2D eigenvalue weighted by atomic mass is 16.4. The molecule has 4 rings (SSSR count). The van der Waals surface area contributed by atoms with Gasteiger partial charge in [0.25, 0.3) is 0 Å². The number of carboxylic acid groups (broad SMARTS) is 1. The van der Waals surface area contributed by atoms with Gasteiger partial charge in [0, 0.05) is 24.5 Å². The molecule has 2 aliphatic rings. The van der Waals surface area contributed by atoms with Crippen molar-refractivity contribution in [3.63, 3.8) is 0 Å². The second-order valence-electron chi connectivity index (χ2n) is 7.68. The summed E-state index contributed by atoms with van der Waals surface area (Å²) in [5.41, 5.74) is 5.32. The van der Waals surface area contributed by atoms with Crippen LogP contribution in [0.1, 0.15) is 30.4 Å². The minimum Gasteiger partial charge on any atom is -0.480 e. The Morgan fingerprint density at radius 2 is 1.54 bits per heavy atom. The summed E-state index contributed by atoms with van der Waals surface area (Å²) in [6.45, 7) is 2.37. The molecule has 2 aliphatic heterocycles. The van der Waals surface area contributed by atoms with E-state index in [0.29, 0.717) is 6.54 Å². The molecule has 2 aromatic rings. The SMILES string of the molecule is O=C(O)C1CCCCN1CC=CCN1c2ccccc2CCc2ccccc21. The lowest BCUT2D eigenvalue weighted by Crippen LogP contribution is -2.44. The fourth-order valence-electron chi connectivity index (χ4n) is 4.45. The quantitative estimate of drug-likeness (QED) is 0.785. The van der Waals surface area contributed by atoms with Gasteiger partial charge in [-0.15, -0.1) is 0 Å². The minimum absolute atomic E-state index is 0.335. The second-order valence-corrected chi connectivity index (χ2v) is 7.68. The summed E-state index contributed by atoms with van der Waals surface area (Å²) in [5, 5.41) is 9.44. The Balaban J connectivity index is 1.51. The Morgan fingerprint density at radius 3 is 2.18 bits per heavy atom. The van der Waals surface area contributed by atoms with Gasteiger partial charge in [0.05, 0.1) is 0 Å².